The molecule has 0 saturated heterocycles. The van der Waals surface area contributed by atoms with Gasteiger partial charge >= 0.3 is 5.97 Å². The van der Waals surface area contributed by atoms with Crippen LogP contribution in [0.3, 0.4) is 0 Å². The molecule has 0 spiro atoms. The summed E-state index contributed by atoms with van der Waals surface area (Å²) < 4.78 is 5.34. The molecule has 1 aromatic heterocycles. The molecule has 6 nitrogen and oxygen atoms in total. The highest BCUT2D eigenvalue weighted by molar-refractivity contribution is 5.96. The molecule has 2 atom stereocenters. The number of anilines is 1. The number of hydrogen-bond donors (Lipinski definition) is 2. The highest BCUT2D eigenvalue weighted by Gasteiger charge is 2.25. The summed E-state index contributed by atoms with van der Waals surface area (Å²) in [5.41, 5.74) is 1.87. The predicted octanol–water partition coefficient (Wildman–Crippen LogP) is 2.43. The molecule has 2 unspecified atom stereocenters. The van der Waals surface area contributed by atoms with Crippen molar-refractivity contribution < 1.29 is 19.1 Å². The number of carbonyl (C=O) groups excluding carboxylic acids is 1. The Morgan fingerprint density at radius 2 is 2.00 bits per heavy atom. The zero-order valence-electron chi connectivity index (χ0n) is 11.5. The number of hydrogen-bond acceptors (Lipinski definition) is 4. The number of carboxylic acids is 1. The van der Waals surface area contributed by atoms with Crippen LogP contribution in [-0.2, 0) is 9.59 Å². The minimum absolute atomic E-state index is 0.334. The molecular formula is C14H16N2O4. The molecule has 106 valence electrons. The third kappa shape index (κ3) is 2.79. The van der Waals surface area contributed by atoms with Gasteiger partial charge in [0.25, 0.3) is 0 Å². The van der Waals surface area contributed by atoms with Gasteiger partial charge in [-0.3, -0.25) is 9.59 Å². The maximum atomic E-state index is 12.0. The molecular weight excluding hydrogens is 260 g/mol. The predicted molar refractivity (Wildman–Crippen MR) is 73.3 cm³/mol. The van der Waals surface area contributed by atoms with Crippen molar-refractivity contribution in [3.8, 4) is 0 Å². The quantitative estimate of drug-likeness (QED) is 0.894. The molecule has 6 heteroatoms. The van der Waals surface area contributed by atoms with Crippen LogP contribution in [0.1, 0.15) is 19.7 Å². The van der Waals surface area contributed by atoms with Gasteiger partial charge in [-0.1, -0.05) is 13.8 Å². The van der Waals surface area contributed by atoms with Gasteiger partial charge in [0, 0.05) is 18.5 Å². The van der Waals surface area contributed by atoms with Gasteiger partial charge in [-0.25, -0.2) is 4.98 Å². The van der Waals surface area contributed by atoms with Crippen LogP contribution >= 0.6 is 0 Å². The standard InChI is InChI=1S/C14H16N2O4/c1-7(8(2)14(18)19)13(17)16-10-4-5-12-11(6-10)15-9(3)20-12/h4-8H,1-3H3,(H,16,17)(H,18,19). The first kappa shape index (κ1) is 14.0. The number of aromatic nitrogens is 1. The number of nitrogens with one attached hydrogen (secondary N) is 1. The van der Waals surface area contributed by atoms with Gasteiger partial charge in [-0.15, -0.1) is 0 Å². The van der Waals surface area contributed by atoms with Crippen LogP contribution in [0.2, 0.25) is 0 Å². The Morgan fingerprint density at radius 1 is 1.30 bits per heavy atom. The average molecular weight is 276 g/mol. The van der Waals surface area contributed by atoms with Crippen molar-refractivity contribution in [1.29, 1.82) is 0 Å². The second kappa shape index (κ2) is 5.32. The molecule has 0 bridgehead atoms. The summed E-state index contributed by atoms with van der Waals surface area (Å²) in [5, 5.41) is 11.6. The molecule has 2 N–H and O–H groups in total. The molecule has 0 aliphatic rings. The number of benzene rings is 1. The summed E-state index contributed by atoms with van der Waals surface area (Å²) in [6.07, 6.45) is 0. The Labute approximate surface area is 115 Å². The summed E-state index contributed by atoms with van der Waals surface area (Å²) in [6, 6.07) is 5.11. The van der Waals surface area contributed by atoms with Crippen molar-refractivity contribution in [2.24, 2.45) is 11.8 Å². The summed E-state index contributed by atoms with van der Waals surface area (Å²) in [6.45, 7) is 4.85. The van der Waals surface area contributed by atoms with Gasteiger partial charge in [0.2, 0.25) is 5.91 Å². The number of rotatable bonds is 4. The van der Waals surface area contributed by atoms with Crippen molar-refractivity contribution in [2.45, 2.75) is 20.8 Å². The number of oxazole rings is 1. The van der Waals surface area contributed by atoms with Crippen LogP contribution in [0.15, 0.2) is 22.6 Å². The lowest BCUT2D eigenvalue weighted by molar-refractivity contribution is -0.145. The topological polar surface area (TPSA) is 92.4 Å². The Kier molecular flexibility index (Phi) is 3.74. The fourth-order valence-electron chi connectivity index (χ4n) is 1.82. The summed E-state index contributed by atoms with van der Waals surface area (Å²) in [7, 11) is 0. The second-order valence-corrected chi connectivity index (χ2v) is 4.82. The van der Waals surface area contributed by atoms with E-state index in [9.17, 15) is 9.59 Å². The lowest BCUT2D eigenvalue weighted by Gasteiger charge is -2.15. The maximum Gasteiger partial charge on any atom is 0.307 e. The Balaban J connectivity index is 2.15. The van der Waals surface area contributed by atoms with E-state index in [1.54, 1.807) is 32.0 Å². The molecule has 0 aliphatic carbocycles. The number of nitrogens with zero attached hydrogens (tertiary/aromatic N) is 1. The van der Waals surface area contributed by atoms with E-state index in [0.717, 1.165) is 0 Å². The highest BCUT2D eigenvalue weighted by Crippen LogP contribution is 2.21. The molecule has 0 radical (unpaired) electrons. The van der Waals surface area contributed by atoms with E-state index in [-0.39, 0.29) is 5.91 Å². The molecule has 0 aliphatic heterocycles. The fraction of sp³-hybridized carbons (Fsp3) is 0.357. The molecule has 0 saturated carbocycles. The Hall–Kier alpha value is -2.37. The minimum Gasteiger partial charge on any atom is -0.481 e. The fourth-order valence-corrected chi connectivity index (χ4v) is 1.82. The van der Waals surface area contributed by atoms with Crippen molar-refractivity contribution in [3.63, 3.8) is 0 Å². The molecule has 20 heavy (non-hydrogen) atoms. The number of carboxylic acid groups (broad SMARTS) is 1. The normalized spacial score (nSPS) is 13.9. The van der Waals surface area contributed by atoms with E-state index in [1.807, 2.05) is 0 Å². The maximum absolute atomic E-state index is 12.0. The third-order valence-corrected chi connectivity index (χ3v) is 3.32. The van der Waals surface area contributed by atoms with Gasteiger partial charge in [-0.2, -0.15) is 0 Å². The molecule has 1 aromatic carbocycles. The number of aliphatic carboxylic acids is 1. The summed E-state index contributed by atoms with van der Waals surface area (Å²) >= 11 is 0. The summed E-state index contributed by atoms with van der Waals surface area (Å²) in [4.78, 5) is 27.0. The van der Waals surface area contributed by atoms with Gasteiger partial charge in [0.1, 0.15) is 5.52 Å². The van der Waals surface area contributed by atoms with E-state index >= 15 is 0 Å². The minimum atomic E-state index is -0.991. The zero-order valence-corrected chi connectivity index (χ0v) is 11.5. The van der Waals surface area contributed by atoms with Crippen LogP contribution in [0, 0.1) is 18.8 Å². The van der Waals surface area contributed by atoms with Gasteiger partial charge < -0.3 is 14.8 Å². The van der Waals surface area contributed by atoms with Crippen molar-refractivity contribution >= 4 is 28.7 Å². The van der Waals surface area contributed by atoms with Crippen LogP contribution < -0.4 is 5.32 Å². The summed E-state index contributed by atoms with van der Waals surface area (Å²) in [5.74, 6) is -2.14. The smallest absolute Gasteiger partial charge is 0.307 e. The van der Waals surface area contributed by atoms with Gasteiger partial charge in [0.15, 0.2) is 11.5 Å². The van der Waals surface area contributed by atoms with Crippen molar-refractivity contribution in [3.05, 3.63) is 24.1 Å². The van der Waals surface area contributed by atoms with Crippen LogP contribution in [-0.4, -0.2) is 22.0 Å². The average Bonchev–Trinajstić information content (AvgIpc) is 2.76. The van der Waals surface area contributed by atoms with E-state index in [4.69, 9.17) is 9.52 Å². The zero-order chi connectivity index (χ0) is 14.9. The Bertz CT molecular complexity index is 662. The Morgan fingerprint density at radius 3 is 2.65 bits per heavy atom. The van der Waals surface area contributed by atoms with E-state index in [1.165, 1.54) is 6.92 Å². The molecule has 2 rings (SSSR count). The van der Waals surface area contributed by atoms with E-state index in [2.05, 4.69) is 10.3 Å². The third-order valence-electron chi connectivity index (χ3n) is 3.32. The monoisotopic (exact) mass is 276 g/mol. The van der Waals surface area contributed by atoms with Gasteiger partial charge in [-0.05, 0) is 18.2 Å². The first-order valence-corrected chi connectivity index (χ1v) is 6.29. The van der Waals surface area contributed by atoms with Crippen LogP contribution in [0.5, 0.6) is 0 Å². The largest absolute Gasteiger partial charge is 0.481 e. The van der Waals surface area contributed by atoms with Crippen LogP contribution in [0.4, 0.5) is 5.69 Å². The number of carbonyl (C=O) groups is 2. The first-order chi connectivity index (χ1) is 9.38. The van der Waals surface area contributed by atoms with Crippen molar-refractivity contribution in [2.75, 3.05) is 5.32 Å². The molecule has 0 fully saturated rings. The van der Waals surface area contributed by atoms with Gasteiger partial charge in [0.05, 0.1) is 5.92 Å². The van der Waals surface area contributed by atoms with Crippen molar-refractivity contribution in [1.82, 2.24) is 4.98 Å². The highest BCUT2D eigenvalue weighted by atomic mass is 16.4. The number of aryl methyl sites for hydroxylation is 1. The van der Waals surface area contributed by atoms with E-state index < -0.39 is 17.8 Å². The van der Waals surface area contributed by atoms with Crippen LogP contribution in [0.25, 0.3) is 11.1 Å². The lowest BCUT2D eigenvalue weighted by atomic mass is 9.95. The number of fused-ring (bicyclic) bond motifs is 1. The molecule has 1 heterocycles. The van der Waals surface area contributed by atoms with E-state index in [0.29, 0.717) is 22.7 Å². The SMILES string of the molecule is Cc1nc2cc(NC(=O)C(C)C(C)C(=O)O)ccc2o1. The second-order valence-electron chi connectivity index (χ2n) is 4.82. The lowest BCUT2D eigenvalue weighted by Crippen LogP contribution is -2.29. The molecule has 1 amide bonds. The molecule has 2 aromatic rings. The number of amides is 1. The first-order valence-electron chi connectivity index (χ1n) is 6.29.